The van der Waals surface area contributed by atoms with Crippen molar-refractivity contribution in [2.75, 3.05) is 33.0 Å². The molecule has 1 aliphatic heterocycles. The van der Waals surface area contributed by atoms with Gasteiger partial charge in [-0.05, 0) is 19.8 Å². The minimum atomic E-state index is -0.349. The Bertz CT molecular complexity index is 147. The molecule has 1 aliphatic rings. The van der Waals surface area contributed by atoms with E-state index in [1.54, 1.807) is 6.92 Å². The first-order chi connectivity index (χ1) is 7.79. The van der Waals surface area contributed by atoms with Crippen LogP contribution in [0.4, 0.5) is 0 Å². The number of aliphatic hydroxyl groups excluding tert-OH is 1. The molecule has 1 saturated heterocycles. The Kier molecular flexibility index (Phi) is 7.76. The highest BCUT2D eigenvalue weighted by atomic mass is 16.6. The molecule has 4 heteroatoms. The zero-order valence-electron chi connectivity index (χ0n) is 10.2. The van der Waals surface area contributed by atoms with E-state index in [1.165, 1.54) is 12.8 Å². The molecule has 0 aromatic rings. The van der Waals surface area contributed by atoms with Crippen molar-refractivity contribution < 1.29 is 19.3 Å². The van der Waals surface area contributed by atoms with Gasteiger partial charge in [0.25, 0.3) is 0 Å². The number of aliphatic hydroxyl groups is 1. The zero-order valence-corrected chi connectivity index (χ0v) is 10.2. The molecule has 0 aromatic heterocycles. The molecule has 16 heavy (non-hydrogen) atoms. The van der Waals surface area contributed by atoms with E-state index in [-0.39, 0.29) is 6.10 Å². The summed E-state index contributed by atoms with van der Waals surface area (Å²) in [7, 11) is 0. The van der Waals surface area contributed by atoms with Crippen LogP contribution in [0.15, 0.2) is 0 Å². The molecule has 2 atom stereocenters. The summed E-state index contributed by atoms with van der Waals surface area (Å²) in [5.74, 6) is 0. The molecular weight excluding hydrogens is 208 g/mol. The quantitative estimate of drug-likeness (QED) is 0.432. The molecule has 4 nitrogen and oxygen atoms in total. The molecule has 0 amide bonds. The van der Waals surface area contributed by atoms with E-state index in [4.69, 9.17) is 19.3 Å². The van der Waals surface area contributed by atoms with Crippen molar-refractivity contribution in [1.82, 2.24) is 0 Å². The zero-order chi connectivity index (χ0) is 11.6. The Morgan fingerprint density at radius 1 is 1.19 bits per heavy atom. The van der Waals surface area contributed by atoms with Crippen LogP contribution in [0.2, 0.25) is 0 Å². The Morgan fingerprint density at radius 3 is 2.38 bits per heavy atom. The summed E-state index contributed by atoms with van der Waals surface area (Å²) in [5.41, 5.74) is 0. The van der Waals surface area contributed by atoms with Crippen LogP contribution in [0.5, 0.6) is 0 Å². The van der Waals surface area contributed by atoms with Crippen LogP contribution in [0.25, 0.3) is 0 Å². The number of epoxide rings is 1. The monoisotopic (exact) mass is 232 g/mol. The maximum absolute atomic E-state index is 8.95. The second-order valence-corrected chi connectivity index (χ2v) is 4.37. The highest BCUT2D eigenvalue weighted by Crippen LogP contribution is 2.09. The summed E-state index contributed by atoms with van der Waals surface area (Å²) in [4.78, 5) is 0. The summed E-state index contributed by atoms with van der Waals surface area (Å²) in [6, 6.07) is 0. The van der Waals surface area contributed by atoms with E-state index >= 15 is 0 Å². The van der Waals surface area contributed by atoms with Gasteiger partial charge < -0.3 is 19.3 Å². The van der Waals surface area contributed by atoms with Crippen molar-refractivity contribution >= 4 is 0 Å². The second kappa shape index (κ2) is 8.93. The van der Waals surface area contributed by atoms with Gasteiger partial charge in [-0.15, -0.1) is 0 Å². The van der Waals surface area contributed by atoms with E-state index < -0.39 is 0 Å². The van der Waals surface area contributed by atoms with Crippen molar-refractivity contribution in [3.63, 3.8) is 0 Å². The fourth-order valence-electron chi connectivity index (χ4n) is 1.39. The normalized spacial score (nSPS) is 21.0. The van der Waals surface area contributed by atoms with Gasteiger partial charge in [0, 0.05) is 13.2 Å². The van der Waals surface area contributed by atoms with Crippen molar-refractivity contribution in [3.8, 4) is 0 Å². The van der Waals surface area contributed by atoms with Gasteiger partial charge in [0.05, 0.1) is 25.9 Å². The highest BCUT2D eigenvalue weighted by molar-refractivity contribution is 4.66. The van der Waals surface area contributed by atoms with Crippen LogP contribution in [0.3, 0.4) is 0 Å². The van der Waals surface area contributed by atoms with E-state index in [1.807, 2.05) is 0 Å². The number of hydrogen-bond donors (Lipinski definition) is 1. The van der Waals surface area contributed by atoms with Crippen LogP contribution in [-0.2, 0) is 14.2 Å². The number of hydrogen-bond acceptors (Lipinski definition) is 4. The lowest BCUT2D eigenvalue weighted by atomic mass is 10.2. The average Bonchev–Trinajstić information content (AvgIpc) is 3.04. The molecule has 1 N–H and O–H groups in total. The van der Waals surface area contributed by atoms with Crippen LogP contribution >= 0.6 is 0 Å². The van der Waals surface area contributed by atoms with Gasteiger partial charge in [-0.1, -0.05) is 12.8 Å². The third kappa shape index (κ3) is 9.09. The topological polar surface area (TPSA) is 51.2 Å². The summed E-state index contributed by atoms with van der Waals surface area (Å²) in [6.45, 7) is 5.42. The Hall–Kier alpha value is -0.160. The second-order valence-electron chi connectivity index (χ2n) is 4.37. The van der Waals surface area contributed by atoms with Crippen molar-refractivity contribution in [2.45, 2.75) is 44.8 Å². The summed E-state index contributed by atoms with van der Waals surface area (Å²) < 4.78 is 15.7. The molecule has 96 valence electrons. The maximum atomic E-state index is 8.95. The Labute approximate surface area is 97.9 Å². The smallest absolute Gasteiger partial charge is 0.104 e. The van der Waals surface area contributed by atoms with Gasteiger partial charge in [0.1, 0.15) is 6.10 Å². The summed E-state index contributed by atoms with van der Waals surface area (Å²) in [6.07, 6.45) is 4.57. The fourth-order valence-corrected chi connectivity index (χ4v) is 1.39. The first-order valence-corrected chi connectivity index (χ1v) is 6.24. The molecule has 0 aliphatic carbocycles. The van der Waals surface area contributed by atoms with Crippen LogP contribution in [0.1, 0.15) is 32.6 Å². The SMILES string of the molecule is CC(O)COCCCCCCOCC1CO1. The lowest BCUT2D eigenvalue weighted by Crippen LogP contribution is -2.10. The van der Waals surface area contributed by atoms with Gasteiger partial charge in [-0.2, -0.15) is 0 Å². The van der Waals surface area contributed by atoms with Gasteiger partial charge >= 0.3 is 0 Å². The van der Waals surface area contributed by atoms with Crippen LogP contribution < -0.4 is 0 Å². The maximum Gasteiger partial charge on any atom is 0.104 e. The molecule has 1 rings (SSSR count). The number of ether oxygens (including phenoxy) is 3. The fraction of sp³-hybridized carbons (Fsp3) is 1.00. The Morgan fingerprint density at radius 2 is 1.81 bits per heavy atom. The lowest BCUT2D eigenvalue weighted by molar-refractivity contribution is 0.0442. The number of rotatable bonds is 11. The number of unbranched alkanes of at least 4 members (excludes halogenated alkanes) is 3. The van der Waals surface area contributed by atoms with Crippen molar-refractivity contribution in [3.05, 3.63) is 0 Å². The lowest BCUT2D eigenvalue weighted by Gasteiger charge is -2.06. The van der Waals surface area contributed by atoms with E-state index in [0.717, 1.165) is 39.3 Å². The predicted octanol–water partition coefficient (Wildman–Crippen LogP) is 1.36. The first kappa shape index (κ1) is 13.9. The van der Waals surface area contributed by atoms with Crippen LogP contribution in [0, 0.1) is 0 Å². The first-order valence-electron chi connectivity index (χ1n) is 6.24. The standard InChI is InChI=1S/C12H24O4/c1-11(13)8-14-6-4-2-3-5-7-15-9-12-10-16-12/h11-13H,2-10H2,1H3. The van der Waals surface area contributed by atoms with Gasteiger partial charge in [0.15, 0.2) is 0 Å². The minimum absolute atomic E-state index is 0.349. The van der Waals surface area contributed by atoms with Crippen molar-refractivity contribution in [1.29, 1.82) is 0 Å². The molecule has 0 radical (unpaired) electrons. The van der Waals surface area contributed by atoms with Crippen LogP contribution in [-0.4, -0.2) is 50.3 Å². The van der Waals surface area contributed by atoms with E-state index in [2.05, 4.69) is 0 Å². The molecular formula is C12H24O4. The highest BCUT2D eigenvalue weighted by Gasteiger charge is 2.21. The molecule has 0 spiro atoms. The average molecular weight is 232 g/mol. The molecule has 1 fully saturated rings. The van der Waals surface area contributed by atoms with Gasteiger partial charge in [-0.25, -0.2) is 0 Å². The third-order valence-electron chi connectivity index (χ3n) is 2.39. The molecule has 0 bridgehead atoms. The summed E-state index contributed by atoms with van der Waals surface area (Å²) in [5, 5.41) is 8.95. The summed E-state index contributed by atoms with van der Waals surface area (Å²) >= 11 is 0. The molecule has 0 aromatic carbocycles. The Balaban J connectivity index is 1.64. The van der Waals surface area contributed by atoms with E-state index in [9.17, 15) is 0 Å². The predicted molar refractivity (Wildman–Crippen MR) is 61.5 cm³/mol. The van der Waals surface area contributed by atoms with Crippen molar-refractivity contribution in [2.24, 2.45) is 0 Å². The molecule has 1 heterocycles. The molecule has 2 unspecified atom stereocenters. The van der Waals surface area contributed by atoms with Gasteiger partial charge in [-0.3, -0.25) is 0 Å². The minimum Gasteiger partial charge on any atom is -0.391 e. The molecule has 0 saturated carbocycles. The largest absolute Gasteiger partial charge is 0.391 e. The third-order valence-corrected chi connectivity index (χ3v) is 2.39. The van der Waals surface area contributed by atoms with Gasteiger partial charge in [0.2, 0.25) is 0 Å². The van der Waals surface area contributed by atoms with E-state index in [0.29, 0.717) is 12.7 Å².